The Morgan fingerprint density at radius 2 is 1.97 bits per heavy atom. The van der Waals surface area contributed by atoms with Gasteiger partial charge < -0.3 is 15.0 Å². The van der Waals surface area contributed by atoms with Crippen molar-refractivity contribution >= 4 is 5.91 Å². The van der Waals surface area contributed by atoms with Gasteiger partial charge in [-0.1, -0.05) is 12.1 Å². The molecule has 0 aliphatic carbocycles. The summed E-state index contributed by atoms with van der Waals surface area (Å²) in [6, 6.07) is 4.40. The normalized spacial score (nSPS) is 28.4. The van der Waals surface area contributed by atoms with Crippen LogP contribution in [-0.2, 0) is 22.1 Å². The molecule has 8 heteroatoms. The summed E-state index contributed by atoms with van der Waals surface area (Å²) in [6.07, 6.45) is -2.12. The highest BCUT2D eigenvalue weighted by molar-refractivity contribution is 5.79. The highest BCUT2D eigenvalue weighted by atomic mass is 19.4. The lowest BCUT2D eigenvalue weighted by molar-refractivity contribution is -0.143. The minimum absolute atomic E-state index is 0.00404. The SMILES string of the molecule is Cc1ccc(CC(=O)N2CCNC3COCC(N4CCCC4)[C@H]32)cc1C(F)(F)F. The minimum atomic E-state index is -4.41. The molecule has 5 nitrogen and oxygen atoms in total. The van der Waals surface area contributed by atoms with Crippen molar-refractivity contribution in [1.82, 2.24) is 15.1 Å². The lowest BCUT2D eigenvalue weighted by Crippen LogP contribution is -2.70. The number of alkyl halides is 3. The number of nitrogens with zero attached hydrogens (tertiary/aromatic N) is 2. The molecule has 1 N–H and O–H groups in total. The molecule has 1 aromatic rings. The van der Waals surface area contributed by atoms with E-state index >= 15 is 0 Å². The molecular formula is C21H28F3N3O2. The van der Waals surface area contributed by atoms with Crippen molar-refractivity contribution in [3.8, 4) is 0 Å². The zero-order chi connectivity index (χ0) is 20.6. The number of rotatable bonds is 3. The molecule has 29 heavy (non-hydrogen) atoms. The third kappa shape index (κ3) is 4.29. The predicted molar refractivity (Wildman–Crippen MR) is 103 cm³/mol. The number of carbonyl (C=O) groups is 1. The highest BCUT2D eigenvalue weighted by Crippen LogP contribution is 2.33. The van der Waals surface area contributed by atoms with E-state index in [1.54, 1.807) is 6.07 Å². The first kappa shape index (κ1) is 20.6. The van der Waals surface area contributed by atoms with Crippen molar-refractivity contribution in [3.05, 3.63) is 34.9 Å². The molecule has 3 aliphatic heterocycles. The quantitative estimate of drug-likeness (QED) is 0.829. The lowest BCUT2D eigenvalue weighted by Gasteiger charge is -2.50. The Morgan fingerprint density at radius 3 is 2.69 bits per heavy atom. The topological polar surface area (TPSA) is 44.8 Å². The molecule has 1 aromatic carbocycles. The number of hydrogen-bond acceptors (Lipinski definition) is 4. The van der Waals surface area contributed by atoms with Crippen LogP contribution in [0.1, 0.15) is 29.5 Å². The van der Waals surface area contributed by atoms with E-state index in [2.05, 4.69) is 10.2 Å². The molecule has 0 radical (unpaired) electrons. The number of piperazine rings is 1. The Labute approximate surface area is 169 Å². The van der Waals surface area contributed by atoms with Gasteiger partial charge in [-0.15, -0.1) is 0 Å². The first-order valence-electron chi connectivity index (χ1n) is 10.4. The number of halogens is 3. The summed E-state index contributed by atoms with van der Waals surface area (Å²) >= 11 is 0. The van der Waals surface area contributed by atoms with Crippen LogP contribution in [0.25, 0.3) is 0 Å². The van der Waals surface area contributed by atoms with Crippen LogP contribution in [0.15, 0.2) is 18.2 Å². The van der Waals surface area contributed by atoms with Crippen molar-refractivity contribution in [1.29, 1.82) is 0 Å². The number of benzene rings is 1. The third-order valence-corrected chi connectivity index (χ3v) is 6.40. The van der Waals surface area contributed by atoms with Crippen molar-refractivity contribution < 1.29 is 22.7 Å². The molecule has 3 aliphatic rings. The maximum absolute atomic E-state index is 13.2. The molecule has 4 rings (SSSR count). The lowest BCUT2D eigenvalue weighted by atomic mass is 9.92. The van der Waals surface area contributed by atoms with E-state index in [9.17, 15) is 18.0 Å². The number of ether oxygens (including phenoxy) is 1. The number of likely N-dealkylation sites (tertiary alicyclic amines) is 1. The fraction of sp³-hybridized carbons (Fsp3) is 0.667. The number of hydrogen-bond donors (Lipinski definition) is 1. The average molecular weight is 411 g/mol. The van der Waals surface area contributed by atoms with E-state index in [-0.39, 0.29) is 36.0 Å². The standard InChI is InChI=1S/C21H28F3N3O2/c1-14-4-5-15(10-16(14)21(22,23)24)11-19(28)27-9-6-25-17-12-29-13-18(20(17)27)26-7-2-3-8-26/h4-5,10,17-18,20,25H,2-3,6-9,11-13H2,1H3/t17?,18?,20-/m0/s1. The van der Waals surface area contributed by atoms with Crippen LogP contribution in [-0.4, -0.2) is 73.2 Å². The summed E-state index contributed by atoms with van der Waals surface area (Å²) in [5, 5.41) is 3.47. The van der Waals surface area contributed by atoms with Crippen LogP contribution in [0.2, 0.25) is 0 Å². The largest absolute Gasteiger partial charge is 0.416 e. The van der Waals surface area contributed by atoms with Crippen LogP contribution < -0.4 is 5.32 Å². The molecule has 0 spiro atoms. The van der Waals surface area contributed by atoms with Crippen molar-refractivity contribution in [2.75, 3.05) is 39.4 Å². The van der Waals surface area contributed by atoms with Crippen LogP contribution >= 0.6 is 0 Å². The smallest absolute Gasteiger partial charge is 0.378 e. The molecule has 160 valence electrons. The maximum atomic E-state index is 13.2. The van der Waals surface area contributed by atoms with Gasteiger partial charge in [0.2, 0.25) is 5.91 Å². The highest BCUT2D eigenvalue weighted by Gasteiger charge is 2.45. The van der Waals surface area contributed by atoms with E-state index < -0.39 is 11.7 Å². The fourth-order valence-electron chi connectivity index (χ4n) is 4.95. The van der Waals surface area contributed by atoms with Gasteiger partial charge in [0.25, 0.3) is 0 Å². The monoisotopic (exact) mass is 411 g/mol. The van der Waals surface area contributed by atoms with Gasteiger partial charge in [-0.3, -0.25) is 9.69 Å². The van der Waals surface area contributed by atoms with E-state index in [1.807, 2.05) is 4.90 Å². The van der Waals surface area contributed by atoms with Gasteiger partial charge in [-0.25, -0.2) is 0 Å². The van der Waals surface area contributed by atoms with Gasteiger partial charge in [0.1, 0.15) is 0 Å². The Bertz CT molecular complexity index is 747. The van der Waals surface area contributed by atoms with E-state index in [4.69, 9.17) is 4.74 Å². The van der Waals surface area contributed by atoms with Crippen molar-refractivity contribution in [2.24, 2.45) is 0 Å². The van der Waals surface area contributed by atoms with Gasteiger partial charge in [-0.2, -0.15) is 13.2 Å². The zero-order valence-corrected chi connectivity index (χ0v) is 16.7. The average Bonchev–Trinajstić information content (AvgIpc) is 3.22. The molecular weight excluding hydrogens is 383 g/mol. The molecule has 3 fully saturated rings. The summed E-state index contributed by atoms with van der Waals surface area (Å²) < 4.78 is 45.5. The summed E-state index contributed by atoms with van der Waals surface area (Å²) in [5.41, 5.74) is -0.0794. The fourth-order valence-corrected chi connectivity index (χ4v) is 4.95. The van der Waals surface area contributed by atoms with Crippen LogP contribution in [0.4, 0.5) is 13.2 Å². The zero-order valence-electron chi connectivity index (χ0n) is 16.7. The molecule has 3 atom stereocenters. The van der Waals surface area contributed by atoms with Crippen LogP contribution in [0.3, 0.4) is 0 Å². The molecule has 3 heterocycles. The van der Waals surface area contributed by atoms with Gasteiger partial charge in [0, 0.05) is 13.1 Å². The molecule has 0 saturated carbocycles. The summed E-state index contributed by atoms with van der Waals surface area (Å²) in [7, 11) is 0. The molecule has 2 unspecified atom stereocenters. The first-order chi connectivity index (χ1) is 13.8. The second kappa shape index (κ2) is 8.24. The number of amides is 1. The first-order valence-corrected chi connectivity index (χ1v) is 10.4. The maximum Gasteiger partial charge on any atom is 0.416 e. The van der Waals surface area contributed by atoms with E-state index in [0.29, 0.717) is 31.9 Å². The number of carbonyl (C=O) groups excluding carboxylic acids is 1. The second-order valence-corrected chi connectivity index (χ2v) is 8.31. The Morgan fingerprint density at radius 1 is 1.21 bits per heavy atom. The molecule has 1 amide bonds. The van der Waals surface area contributed by atoms with Crippen LogP contribution in [0, 0.1) is 6.92 Å². The number of aryl methyl sites for hydroxylation is 1. The molecule has 0 bridgehead atoms. The van der Waals surface area contributed by atoms with Crippen molar-refractivity contribution in [2.45, 2.75) is 50.5 Å². The van der Waals surface area contributed by atoms with Crippen molar-refractivity contribution in [3.63, 3.8) is 0 Å². The summed E-state index contributed by atoms with van der Waals surface area (Å²) in [4.78, 5) is 17.5. The van der Waals surface area contributed by atoms with Gasteiger partial charge in [0.05, 0.1) is 43.3 Å². The van der Waals surface area contributed by atoms with E-state index in [0.717, 1.165) is 32.0 Å². The minimum Gasteiger partial charge on any atom is -0.378 e. The molecule has 3 saturated heterocycles. The van der Waals surface area contributed by atoms with Crippen LogP contribution in [0.5, 0.6) is 0 Å². The van der Waals surface area contributed by atoms with E-state index in [1.165, 1.54) is 13.0 Å². The van der Waals surface area contributed by atoms with Gasteiger partial charge >= 0.3 is 6.18 Å². The third-order valence-electron chi connectivity index (χ3n) is 6.40. The number of fused-ring (bicyclic) bond motifs is 1. The Hall–Kier alpha value is -1.64. The number of nitrogens with one attached hydrogen (secondary N) is 1. The van der Waals surface area contributed by atoms with Gasteiger partial charge in [-0.05, 0) is 50.0 Å². The summed E-state index contributed by atoms with van der Waals surface area (Å²) in [5.74, 6) is -0.107. The molecule has 0 aromatic heterocycles. The van der Waals surface area contributed by atoms with Gasteiger partial charge in [0.15, 0.2) is 0 Å². The predicted octanol–water partition coefficient (Wildman–Crippen LogP) is 2.22. The Balaban J connectivity index is 1.54. The Kier molecular flexibility index (Phi) is 5.86. The second-order valence-electron chi connectivity index (χ2n) is 8.31. The summed E-state index contributed by atoms with van der Waals surface area (Å²) in [6.45, 7) is 5.85.